The van der Waals surface area contributed by atoms with Gasteiger partial charge in [-0.25, -0.2) is 4.98 Å². The normalized spacial score (nSPS) is 11.7. The van der Waals surface area contributed by atoms with E-state index in [0.717, 1.165) is 17.5 Å². The number of hydrogen-bond acceptors (Lipinski definition) is 3. The van der Waals surface area contributed by atoms with E-state index in [1.165, 1.54) is 18.2 Å². The van der Waals surface area contributed by atoms with Crippen LogP contribution in [-0.2, 0) is 6.18 Å². The lowest BCUT2D eigenvalue weighted by Gasteiger charge is -2.19. The quantitative estimate of drug-likeness (QED) is 0.351. The van der Waals surface area contributed by atoms with Gasteiger partial charge >= 0.3 is 6.18 Å². The van der Waals surface area contributed by atoms with Crippen molar-refractivity contribution in [1.29, 1.82) is 0 Å². The summed E-state index contributed by atoms with van der Waals surface area (Å²) in [5.41, 5.74) is 10.9. The summed E-state index contributed by atoms with van der Waals surface area (Å²) in [5, 5.41) is 0.788. The first-order valence-electron chi connectivity index (χ1n) is 9.23. The Bertz CT molecular complexity index is 1390. The van der Waals surface area contributed by atoms with Gasteiger partial charge in [0.25, 0.3) is 0 Å². The van der Waals surface area contributed by atoms with Crippen LogP contribution in [0.1, 0.15) is 15.9 Å². The number of pyridine rings is 1. The molecule has 3 aromatic carbocycles. The highest BCUT2D eigenvalue weighted by molar-refractivity contribution is 6.41. The second-order valence-electron chi connectivity index (χ2n) is 6.99. The highest BCUT2D eigenvalue weighted by Crippen LogP contribution is 2.47. The maximum absolute atomic E-state index is 13.8. The van der Waals surface area contributed by atoms with Crippen molar-refractivity contribution in [2.75, 3.05) is 5.73 Å². The largest absolute Gasteiger partial charge is 0.417 e. The molecule has 0 aliphatic rings. The van der Waals surface area contributed by atoms with E-state index >= 15 is 0 Å². The molecule has 0 unspecified atom stereocenters. The second kappa shape index (κ2) is 8.00. The molecule has 4 N–H and O–H groups in total. The highest BCUT2D eigenvalue weighted by atomic mass is 35.5. The molecule has 1 amide bonds. The van der Waals surface area contributed by atoms with E-state index in [2.05, 4.69) is 4.98 Å². The Kier molecular flexibility index (Phi) is 5.48. The van der Waals surface area contributed by atoms with E-state index in [9.17, 15) is 18.0 Å². The van der Waals surface area contributed by atoms with Crippen LogP contribution in [0.2, 0.25) is 10.0 Å². The first-order chi connectivity index (χ1) is 15.1. The van der Waals surface area contributed by atoms with Crippen LogP contribution in [0.4, 0.5) is 19.0 Å². The summed E-state index contributed by atoms with van der Waals surface area (Å²) in [7, 11) is 0. The standard InChI is InChI=1S/C23H14Cl2F3N3O/c24-16-9-8-12(18-13(22(30)32)5-3-6-15(18)23(26,27)28)20(25)19(16)14-10-11-4-1-2-7-17(11)31-21(14)29/h1-10H,(H2,29,31)(H2,30,32). The summed E-state index contributed by atoms with van der Waals surface area (Å²) < 4.78 is 41.4. The molecule has 4 nitrogen and oxygen atoms in total. The number of aromatic nitrogens is 1. The molecule has 0 saturated heterocycles. The molecule has 1 aromatic heterocycles. The number of hydrogen-bond donors (Lipinski definition) is 2. The SMILES string of the molecule is NC(=O)c1cccc(C(F)(F)F)c1-c1ccc(Cl)c(-c2cc3ccccc3nc2N)c1Cl. The fourth-order valence-corrected chi connectivity index (χ4v) is 4.28. The number of primary amides is 1. The van der Waals surface area contributed by atoms with Crippen LogP contribution in [0.5, 0.6) is 0 Å². The second-order valence-corrected chi connectivity index (χ2v) is 7.77. The molecular weight excluding hydrogens is 462 g/mol. The minimum absolute atomic E-state index is 0.0552. The van der Waals surface area contributed by atoms with Crippen LogP contribution >= 0.6 is 23.2 Å². The van der Waals surface area contributed by atoms with E-state index in [1.54, 1.807) is 24.3 Å². The number of anilines is 1. The Hall–Kier alpha value is -3.29. The molecule has 0 aliphatic carbocycles. The number of rotatable bonds is 3. The Morgan fingerprint density at radius 3 is 2.31 bits per heavy atom. The van der Waals surface area contributed by atoms with E-state index in [0.29, 0.717) is 11.1 Å². The van der Waals surface area contributed by atoms with E-state index in [1.807, 2.05) is 6.07 Å². The summed E-state index contributed by atoms with van der Waals surface area (Å²) in [6.07, 6.45) is -4.76. The Labute approximate surface area is 190 Å². The van der Waals surface area contributed by atoms with Gasteiger partial charge in [-0.15, -0.1) is 0 Å². The summed E-state index contributed by atoms with van der Waals surface area (Å²) in [6, 6.07) is 14.8. The van der Waals surface area contributed by atoms with E-state index in [-0.39, 0.29) is 32.6 Å². The van der Waals surface area contributed by atoms with E-state index in [4.69, 9.17) is 34.7 Å². The zero-order chi connectivity index (χ0) is 23.2. The number of benzene rings is 3. The van der Waals surface area contributed by atoms with Gasteiger partial charge in [0.15, 0.2) is 0 Å². The van der Waals surface area contributed by atoms with Crippen molar-refractivity contribution in [2.24, 2.45) is 5.73 Å². The average Bonchev–Trinajstić information content (AvgIpc) is 2.73. The number of nitrogens with two attached hydrogens (primary N) is 2. The predicted molar refractivity (Wildman–Crippen MR) is 121 cm³/mol. The maximum atomic E-state index is 13.8. The number of para-hydroxylation sites is 1. The van der Waals surface area contributed by atoms with Gasteiger partial charge in [0.05, 0.1) is 21.1 Å². The van der Waals surface area contributed by atoms with Gasteiger partial charge in [-0.3, -0.25) is 4.79 Å². The molecule has 162 valence electrons. The van der Waals surface area contributed by atoms with Gasteiger partial charge in [0.2, 0.25) is 5.91 Å². The summed E-state index contributed by atoms with van der Waals surface area (Å²) in [4.78, 5) is 16.3. The van der Waals surface area contributed by atoms with Gasteiger partial charge in [0, 0.05) is 33.2 Å². The minimum atomic E-state index is -4.76. The molecule has 1 heterocycles. The lowest BCUT2D eigenvalue weighted by molar-refractivity contribution is -0.137. The minimum Gasteiger partial charge on any atom is -0.383 e. The molecular formula is C23H14Cl2F3N3O. The number of carbonyl (C=O) groups is 1. The smallest absolute Gasteiger partial charge is 0.383 e. The molecule has 0 radical (unpaired) electrons. The van der Waals surface area contributed by atoms with Crippen molar-refractivity contribution < 1.29 is 18.0 Å². The summed E-state index contributed by atoms with van der Waals surface area (Å²) in [5.74, 6) is -0.922. The van der Waals surface area contributed by atoms with Gasteiger partial charge in [-0.2, -0.15) is 13.2 Å². The first-order valence-corrected chi connectivity index (χ1v) is 9.99. The fraction of sp³-hybridized carbons (Fsp3) is 0.0435. The molecule has 4 aromatic rings. The molecule has 4 rings (SSSR count). The topological polar surface area (TPSA) is 82.0 Å². The zero-order valence-corrected chi connectivity index (χ0v) is 17.7. The highest BCUT2D eigenvalue weighted by Gasteiger charge is 2.36. The van der Waals surface area contributed by atoms with E-state index < -0.39 is 23.2 Å². The third kappa shape index (κ3) is 3.74. The monoisotopic (exact) mass is 475 g/mol. The fourth-order valence-electron chi connectivity index (χ4n) is 3.61. The molecule has 32 heavy (non-hydrogen) atoms. The van der Waals surface area contributed by atoms with Crippen molar-refractivity contribution in [2.45, 2.75) is 6.18 Å². The lowest BCUT2D eigenvalue weighted by atomic mass is 9.91. The number of nitrogens with zero attached hydrogens (tertiary/aromatic N) is 1. The Balaban J connectivity index is 2.06. The average molecular weight is 476 g/mol. The van der Waals surface area contributed by atoms with Crippen LogP contribution in [0.25, 0.3) is 33.2 Å². The zero-order valence-electron chi connectivity index (χ0n) is 16.2. The van der Waals surface area contributed by atoms with Crippen LogP contribution in [0.3, 0.4) is 0 Å². The van der Waals surface area contributed by atoms with Crippen LogP contribution < -0.4 is 11.5 Å². The number of amides is 1. The molecule has 0 bridgehead atoms. The molecule has 9 heteroatoms. The number of carbonyl (C=O) groups excluding carboxylic acids is 1. The summed E-state index contributed by atoms with van der Waals surface area (Å²) in [6.45, 7) is 0. The van der Waals surface area contributed by atoms with Crippen molar-refractivity contribution in [3.63, 3.8) is 0 Å². The van der Waals surface area contributed by atoms with Crippen LogP contribution in [0, 0.1) is 0 Å². The number of fused-ring (bicyclic) bond motifs is 1. The molecule has 0 fully saturated rings. The molecule has 0 aliphatic heterocycles. The summed E-state index contributed by atoms with van der Waals surface area (Å²) >= 11 is 13.0. The van der Waals surface area contributed by atoms with Crippen molar-refractivity contribution >= 4 is 45.8 Å². The van der Waals surface area contributed by atoms with Crippen LogP contribution in [0.15, 0.2) is 60.7 Å². The van der Waals surface area contributed by atoms with Gasteiger partial charge in [-0.1, -0.05) is 53.5 Å². The number of alkyl halides is 3. The Morgan fingerprint density at radius 2 is 1.62 bits per heavy atom. The molecule has 0 saturated carbocycles. The Morgan fingerprint density at radius 1 is 0.906 bits per heavy atom. The van der Waals surface area contributed by atoms with Gasteiger partial charge < -0.3 is 11.5 Å². The van der Waals surface area contributed by atoms with Crippen molar-refractivity contribution in [3.8, 4) is 22.3 Å². The molecule has 0 spiro atoms. The number of nitrogen functional groups attached to an aromatic ring is 1. The van der Waals surface area contributed by atoms with Gasteiger partial charge in [0.1, 0.15) is 5.82 Å². The molecule has 0 atom stereocenters. The van der Waals surface area contributed by atoms with Gasteiger partial charge in [-0.05, 0) is 30.3 Å². The van der Waals surface area contributed by atoms with Crippen molar-refractivity contribution in [1.82, 2.24) is 4.98 Å². The van der Waals surface area contributed by atoms with Crippen LogP contribution in [-0.4, -0.2) is 10.9 Å². The third-order valence-corrected chi connectivity index (χ3v) is 5.73. The lowest BCUT2D eigenvalue weighted by Crippen LogP contribution is -2.16. The third-order valence-electron chi connectivity index (χ3n) is 5.02. The maximum Gasteiger partial charge on any atom is 0.417 e. The predicted octanol–water partition coefficient (Wildman–Crippen LogP) is 6.58. The first kappa shape index (κ1) is 21.9. The number of halogens is 5. The van der Waals surface area contributed by atoms with Crippen molar-refractivity contribution in [3.05, 3.63) is 81.8 Å².